The van der Waals surface area contributed by atoms with E-state index in [1.54, 1.807) is 24.3 Å². The standard InChI is InChI=1S/C13H14ClNO4/c1-2-7-19-13(18)15-11(8-12(16)17)9-3-5-10(14)6-4-9/h2-6,11H,1,7-8H2,(H,15,18)(H,16,17)/t11-/m1/s1. The molecule has 0 saturated carbocycles. The average molecular weight is 284 g/mol. The summed E-state index contributed by atoms with van der Waals surface area (Å²) in [5.41, 5.74) is 0.641. The van der Waals surface area contributed by atoms with Crippen LogP contribution < -0.4 is 5.32 Å². The van der Waals surface area contributed by atoms with Crippen LogP contribution in [-0.4, -0.2) is 23.8 Å². The van der Waals surface area contributed by atoms with Crippen molar-refractivity contribution in [1.82, 2.24) is 5.32 Å². The van der Waals surface area contributed by atoms with Gasteiger partial charge in [0.15, 0.2) is 0 Å². The highest BCUT2D eigenvalue weighted by molar-refractivity contribution is 6.30. The maximum absolute atomic E-state index is 11.4. The Kier molecular flexibility index (Phi) is 5.89. The van der Waals surface area contributed by atoms with Gasteiger partial charge < -0.3 is 15.2 Å². The lowest BCUT2D eigenvalue weighted by Gasteiger charge is -2.17. The highest BCUT2D eigenvalue weighted by Crippen LogP contribution is 2.19. The van der Waals surface area contributed by atoms with Gasteiger partial charge in [0.2, 0.25) is 0 Å². The molecule has 0 radical (unpaired) electrons. The zero-order chi connectivity index (χ0) is 14.3. The van der Waals surface area contributed by atoms with Gasteiger partial charge in [0.05, 0.1) is 12.5 Å². The molecule has 0 fully saturated rings. The molecule has 19 heavy (non-hydrogen) atoms. The van der Waals surface area contributed by atoms with Crippen LogP contribution in [0, 0.1) is 0 Å². The number of carbonyl (C=O) groups excluding carboxylic acids is 1. The molecule has 1 rings (SSSR count). The Balaban J connectivity index is 2.76. The number of amides is 1. The molecule has 6 heteroatoms. The van der Waals surface area contributed by atoms with Crippen molar-refractivity contribution >= 4 is 23.7 Å². The molecule has 0 unspecified atom stereocenters. The van der Waals surface area contributed by atoms with E-state index in [4.69, 9.17) is 21.4 Å². The Morgan fingerprint density at radius 1 is 1.42 bits per heavy atom. The van der Waals surface area contributed by atoms with Crippen molar-refractivity contribution in [1.29, 1.82) is 0 Å². The summed E-state index contributed by atoms with van der Waals surface area (Å²) in [5, 5.41) is 11.9. The maximum Gasteiger partial charge on any atom is 0.407 e. The van der Waals surface area contributed by atoms with Crippen molar-refractivity contribution in [2.24, 2.45) is 0 Å². The normalized spacial score (nSPS) is 11.4. The highest BCUT2D eigenvalue weighted by atomic mass is 35.5. The van der Waals surface area contributed by atoms with Gasteiger partial charge in [0.25, 0.3) is 0 Å². The van der Waals surface area contributed by atoms with Gasteiger partial charge in [-0.15, -0.1) is 0 Å². The van der Waals surface area contributed by atoms with Gasteiger partial charge >= 0.3 is 12.1 Å². The van der Waals surface area contributed by atoms with Crippen LogP contribution in [-0.2, 0) is 9.53 Å². The highest BCUT2D eigenvalue weighted by Gasteiger charge is 2.18. The summed E-state index contributed by atoms with van der Waals surface area (Å²) in [6.45, 7) is 3.48. The quantitative estimate of drug-likeness (QED) is 0.787. The van der Waals surface area contributed by atoms with Gasteiger partial charge in [-0.3, -0.25) is 4.79 Å². The summed E-state index contributed by atoms with van der Waals surface area (Å²) in [6, 6.07) is 5.89. The lowest BCUT2D eigenvalue weighted by atomic mass is 10.0. The Morgan fingerprint density at radius 3 is 2.58 bits per heavy atom. The molecular formula is C13H14ClNO4. The first-order chi connectivity index (χ1) is 9.02. The van der Waals surface area contributed by atoms with Crippen LogP contribution in [0.2, 0.25) is 5.02 Å². The van der Waals surface area contributed by atoms with Crippen molar-refractivity contribution in [2.75, 3.05) is 6.61 Å². The summed E-state index contributed by atoms with van der Waals surface area (Å²) in [6.07, 6.45) is 0.486. The molecule has 1 amide bonds. The third kappa shape index (κ3) is 5.44. The molecule has 0 bridgehead atoms. The fourth-order valence-corrected chi connectivity index (χ4v) is 1.57. The predicted octanol–water partition coefficient (Wildman–Crippen LogP) is 2.77. The minimum atomic E-state index is -1.02. The number of nitrogens with one attached hydrogen (secondary N) is 1. The third-order valence-corrected chi connectivity index (χ3v) is 2.53. The molecule has 0 aliphatic carbocycles. The molecular weight excluding hydrogens is 270 g/mol. The summed E-state index contributed by atoms with van der Waals surface area (Å²) in [7, 11) is 0. The maximum atomic E-state index is 11.4. The van der Waals surface area contributed by atoms with Crippen LogP contribution in [0.5, 0.6) is 0 Å². The van der Waals surface area contributed by atoms with E-state index in [1.807, 2.05) is 0 Å². The molecule has 0 saturated heterocycles. The van der Waals surface area contributed by atoms with E-state index in [2.05, 4.69) is 11.9 Å². The van der Waals surface area contributed by atoms with Gasteiger partial charge in [-0.1, -0.05) is 36.4 Å². The van der Waals surface area contributed by atoms with E-state index in [9.17, 15) is 9.59 Å². The molecule has 1 aromatic carbocycles. The number of halogens is 1. The lowest BCUT2D eigenvalue weighted by Crippen LogP contribution is -2.30. The predicted molar refractivity (Wildman–Crippen MR) is 71.1 cm³/mol. The number of ether oxygens (including phenoxy) is 1. The van der Waals surface area contributed by atoms with Gasteiger partial charge in [-0.05, 0) is 17.7 Å². The van der Waals surface area contributed by atoms with Crippen molar-refractivity contribution < 1.29 is 19.4 Å². The number of benzene rings is 1. The van der Waals surface area contributed by atoms with Gasteiger partial charge in [-0.25, -0.2) is 4.79 Å². The first-order valence-electron chi connectivity index (χ1n) is 5.54. The second-order valence-electron chi connectivity index (χ2n) is 3.73. The van der Waals surface area contributed by atoms with E-state index < -0.39 is 18.1 Å². The lowest BCUT2D eigenvalue weighted by molar-refractivity contribution is -0.137. The fraction of sp³-hybridized carbons (Fsp3) is 0.231. The molecule has 0 aromatic heterocycles. The number of aliphatic carboxylic acids is 1. The van der Waals surface area contributed by atoms with Gasteiger partial charge in [0.1, 0.15) is 6.61 Å². The van der Waals surface area contributed by atoms with E-state index >= 15 is 0 Å². The molecule has 1 aromatic rings. The first kappa shape index (κ1) is 15.0. The zero-order valence-electron chi connectivity index (χ0n) is 10.1. The average Bonchev–Trinajstić information content (AvgIpc) is 2.36. The molecule has 0 aliphatic heterocycles. The van der Waals surface area contributed by atoms with E-state index in [1.165, 1.54) is 6.08 Å². The topological polar surface area (TPSA) is 75.6 Å². The van der Waals surface area contributed by atoms with Crippen LogP contribution in [0.3, 0.4) is 0 Å². The van der Waals surface area contributed by atoms with Crippen molar-refractivity contribution in [3.63, 3.8) is 0 Å². The van der Waals surface area contributed by atoms with Gasteiger partial charge in [0, 0.05) is 5.02 Å². The van der Waals surface area contributed by atoms with Gasteiger partial charge in [-0.2, -0.15) is 0 Å². The molecule has 0 heterocycles. The number of carboxylic acids is 1. The van der Waals surface area contributed by atoms with Crippen LogP contribution in [0.1, 0.15) is 18.0 Å². The van der Waals surface area contributed by atoms with Crippen LogP contribution >= 0.6 is 11.6 Å². The SMILES string of the molecule is C=CCOC(=O)N[C@H](CC(=O)O)c1ccc(Cl)cc1. The van der Waals surface area contributed by atoms with E-state index in [0.717, 1.165) is 0 Å². The number of carbonyl (C=O) groups is 2. The van der Waals surface area contributed by atoms with Crippen molar-refractivity contribution in [2.45, 2.75) is 12.5 Å². The zero-order valence-corrected chi connectivity index (χ0v) is 10.9. The Labute approximate surface area is 115 Å². The summed E-state index contributed by atoms with van der Waals surface area (Å²) in [5.74, 6) is -1.02. The third-order valence-electron chi connectivity index (χ3n) is 2.28. The molecule has 1 atom stereocenters. The number of hydrogen-bond donors (Lipinski definition) is 2. The fourth-order valence-electron chi connectivity index (χ4n) is 1.44. The molecule has 0 aliphatic rings. The van der Waals surface area contributed by atoms with E-state index in [0.29, 0.717) is 10.6 Å². The molecule has 102 valence electrons. The van der Waals surface area contributed by atoms with Crippen LogP contribution in [0.4, 0.5) is 4.79 Å². The summed E-state index contributed by atoms with van der Waals surface area (Å²) < 4.78 is 4.76. The molecule has 0 spiro atoms. The molecule has 2 N–H and O–H groups in total. The summed E-state index contributed by atoms with van der Waals surface area (Å²) in [4.78, 5) is 22.2. The smallest absolute Gasteiger partial charge is 0.407 e. The van der Waals surface area contributed by atoms with E-state index in [-0.39, 0.29) is 13.0 Å². The number of carboxylic acid groups (broad SMARTS) is 1. The number of alkyl carbamates (subject to hydrolysis) is 1. The Bertz CT molecular complexity index is 458. The monoisotopic (exact) mass is 283 g/mol. The first-order valence-corrected chi connectivity index (χ1v) is 5.92. The second kappa shape index (κ2) is 7.43. The minimum absolute atomic E-state index is 0.0617. The number of rotatable bonds is 6. The minimum Gasteiger partial charge on any atom is -0.481 e. The molecule has 5 nitrogen and oxygen atoms in total. The van der Waals surface area contributed by atoms with Crippen LogP contribution in [0.25, 0.3) is 0 Å². The van der Waals surface area contributed by atoms with Crippen molar-refractivity contribution in [3.8, 4) is 0 Å². The van der Waals surface area contributed by atoms with Crippen LogP contribution in [0.15, 0.2) is 36.9 Å². The largest absolute Gasteiger partial charge is 0.481 e. The Morgan fingerprint density at radius 2 is 2.05 bits per heavy atom. The summed E-state index contributed by atoms with van der Waals surface area (Å²) >= 11 is 5.76. The number of hydrogen-bond acceptors (Lipinski definition) is 3. The Hall–Kier alpha value is -2.01. The van der Waals surface area contributed by atoms with Crippen molar-refractivity contribution in [3.05, 3.63) is 47.5 Å². The second-order valence-corrected chi connectivity index (χ2v) is 4.17.